The molecule has 23 heavy (non-hydrogen) atoms. The molecule has 0 saturated heterocycles. The Labute approximate surface area is 139 Å². The summed E-state index contributed by atoms with van der Waals surface area (Å²) in [6.45, 7) is 3.73. The third-order valence-corrected chi connectivity index (χ3v) is 3.49. The van der Waals surface area contributed by atoms with Crippen LogP contribution >= 0.6 is 11.6 Å². The summed E-state index contributed by atoms with van der Waals surface area (Å²) in [5.74, 6) is -0.159. The van der Waals surface area contributed by atoms with E-state index in [2.05, 4.69) is 15.6 Å². The Morgan fingerprint density at radius 2 is 2.13 bits per heavy atom. The van der Waals surface area contributed by atoms with Crippen LogP contribution in [0.3, 0.4) is 0 Å². The molecule has 0 aliphatic heterocycles. The molecule has 1 heterocycles. The molecule has 1 aromatic carbocycles. The Morgan fingerprint density at radius 1 is 1.35 bits per heavy atom. The number of aromatic nitrogens is 1. The molecule has 0 spiro atoms. The van der Waals surface area contributed by atoms with Crippen LogP contribution in [0.1, 0.15) is 13.8 Å². The van der Waals surface area contributed by atoms with Gasteiger partial charge in [0.05, 0.1) is 5.02 Å². The Kier molecular flexibility index (Phi) is 5.76. The van der Waals surface area contributed by atoms with Gasteiger partial charge in [-0.3, -0.25) is 14.6 Å². The van der Waals surface area contributed by atoms with Crippen molar-refractivity contribution in [2.75, 3.05) is 13.2 Å². The van der Waals surface area contributed by atoms with E-state index in [9.17, 15) is 9.59 Å². The average molecular weight is 336 g/mol. The number of nitrogens with zero attached hydrogens (tertiary/aromatic N) is 1. The molecule has 1 atom stereocenters. The Balaban J connectivity index is 2.00. The molecular weight excluding hydrogens is 318 g/mol. The zero-order valence-electron chi connectivity index (χ0n) is 12.9. The number of halogens is 1. The van der Waals surface area contributed by atoms with Gasteiger partial charge in [-0.25, -0.2) is 0 Å². The number of rotatable bonds is 6. The molecule has 0 bridgehead atoms. The molecule has 2 amide bonds. The van der Waals surface area contributed by atoms with E-state index in [1.807, 2.05) is 13.0 Å². The van der Waals surface area contributed by atoms with E-state index < -0.39 is 6.04 Å². The van der Waals surface area contributed by atoms with Gasteiger partial charge in [-0.2, -0.15) is 0 Å². The van der Waals surface area contributed by atoms with Gasteiger partial charge in [-0.1, -0.05) is 11.6 Å². The first-order valence-electron chi connectivity index (χ1n) is 7.26. The summed E-state index contributed by atoms with van der Waals surface area (Å²) in [5, 5.41) is 6.52. The van der Waals surface area contributed by atoms with E-state index in [1.54, 1.807) is 31.3 Å². The van der Waals surface area contributed by atoms with Gasteiger partial charge in [0, 0.05) is 18.1 Å². The number of benzene rings is 1. The number of amides is 2. The maximum atomic E-state index is 11.9. The van der Waals surface area contributed by atoms with Gasteiger partial charge < -0.3 is 15.4 Å². The van der Waals surface area contributed by atoms with Crippen molar-refractivity contribution in [3.8, 4) is 5.75 Å². The number of hydrogen-bond acceptors (Lipinski definition) is 4. The minimum Gasteiger partial charge on any atom is -0.481 e. The van der Waals surface area contributed by atoms with Crippen LogP contribution in [-0.2, 0) is 9.59 Å². The van der Waals surface area contributed by atoms with Crippen LogP contribution in [-0.4, -0.2) is 36.0 Å². The maximum absolute atomic E-state index is 11.9. The van der Waals surface area contributed by atoms with Gasteiger partial charge in [0.15, 0.2) is 6.61 Å². The molecule has 6 nitrogen and oxygen atoms in total. The molecule has 0 radical (unpaired) electrons. The maximum Gasteiger partial charge on any atom is 0.258 e. The number of pyridine rings is 1. The lowest BCUT2D eigenvalue weighted by atomic mass is 10.2. The summed E-state index contributed by atoms with van der Waals surface area (Å²) in [7, 11) is 0. The number of likely N-dealkylation sites (N-methyl/N-ethyl adjacent to an activating group) is 1. The lowest BCUT2D eigenvalue weighted by molar-refractivity contribution is -0.129. The van der Waals surface area contributed by atoms with E-state index in [-0.39, 0.29) is 18.4 Å². The number of ether oxygens (including phenoxy) is 1. The molecule has 2 rings (SSSR count). The van der Waals surface area contributed by atoms with Crippen molar-refractivity contribution in [1.82, 2.24) is 15.6 Å². The Hall–Kier alpha value is -2.34. The fourth-order valence-corrected chi connectivity index (χ4v) is 2.26. The zero-order chi connectivity index (χ0) is 16.8. The van der Waals surface area contributed by atoms with Crippen molar-refractivity contribution >= 4 is 34.3 Å². The predicted molar refractivity (Wildman–Crippen MR) is 88.5 cm³/mol. The standard InChI is InChI=1S/C16H18ClN3O3/c1-3-18-16(22)10(2)20-14(21)9-23-13-7-6-12(17)11-5-4-8-19-15(11)13/h4-8,10H,3,9H2,1-2H3,(H,18,22)(H,20,21)/t10-/m1/s1. The fraction of sp³-hybridized carbons (Fsp3) is 0.312. The summed E-state index contributed by atoms with van der Waals surface area (Å²) in [5.41, 5.74) is 0.588. The number of carbonyl (C=O) groups excluding carboxylic acids is 2. The second-order valence-corrected chi connectivity index (χ2v) is 5.32. The lowest BCUT2D eigenvalue weighted by Crippen LogP contribution is -2.46. The van der Waals surface area contributed by atoms with Crippen molar-refractivity contribution in [2.24, 2.45) is 0 Å². The second kappa shape index (κ2) is 7.78. The van der Waals surface area contributed by atoms with E-state index in [4.69, 9.17) is 16.3 Å². The van der Waals surface area contributed by atoms with Crippen molar-refractivity contribution in [1.29, 1.82) is 0 Å². The normalized spacial score (nSPS) is 11.8. The molecule has 2 aromatic rings. The number of fused-ring (bicyclic) bond motifs is 1. The number of hydrogen-bond donors (Lipinski definition) is 2. The highest BCUT2D eigenvalue weighted by Crippen LogP contribution is 2.29. The van der Waals surface area contributed by atoms with Gasteiger partial charge >= 0.3 is 0 Å². The van der Waals surface area contributed by atoms with Gasteiger partial charge in [0.1, 0.15) is 17.3 Å². The lowest BCUT2D eigenvalue weighted by Gasteiger charge is -2.14. The fourth-order valence-electron chi connectivity index (χ4n) is 2.05. The SMILES string of the molecule is CCNC(=O)[C@@H](C)NC(=O)COc1ccc(Cl)c2cccnc12. The number of carbonyl (C=O) groups is 2. The third-order valence-electron chi connectivity index (χ3n) is 3.16. The van der Waals surface area contributed by atoms with Crippen LogP contribution in [0.15, 0.2) is 30.5 Å². The number of nitrogens with one attached hydrogen (secondary N) is 2. The zero-order valence-corrected chi connectivity index (χ0v) is 13.7. The van der Waals surface area contributed by atoms with E-state index in [1.165, 1.54) is 0 Å². The van der Waals surface area contributed by atoms with Gasteiger partial charge in [-0.05, 0) is 38.1 Å². The smallest absolute Gasteiger partial charge is 0.258 e. The molecule has 0 unspecified atom stereocenters. The van der Waals surface area contributed by atoms with Gasteiger partial charge in [0.2, 0.25) is 5.91 Å². The molecule has 1 aromatic heterocycles. The summed E-state index contributed by atoms with van der Waals surface area (Å²) < 4.78 is 5.51. The van der Waals surface area contributed by atoms with Gasteiger partial charge in [0.25, 0.3) is 5.91 Å². The first kappa shape index (κ1) is 17.0. The minimum atomic E-state index is -0.619. The van der Waals surface area contributed by atoms with Crippen molar-refractivity contribution in [3.05, 3.63) is 35.5 Å². The third kappa shape index (κ3) is 4.32. The highest BCUT2D eigenvalue weighted by Gasteiger charge is 2.15. The molecule has 0 saturated carbocycles. The van der Waals surface area contributed by atoms with E-state index in [0.29, 0.717) is 22.8 Å². The molecule has 7 heteroatoms. The Morgan fingerprint density at radius 3 is 2.87 bits per heavy atom. The van der Waals surface area contributed by atoms with Crippen LogP contribution in [0.5, 0.6) is 5.75 Å². The second-order valence-electron chi connectivity index (χ2n) is 4.92. The molecule has 0 aliphatic carbocycles. The van der Waals surface area contributed by atoms with E-state index >= 15 is 0 Å². The van der Waals surface area contributed by atoms with E-state index in [0.717, 1.165) is 5.39 Å². The topological polar surface area (TPSA) is 80.3 Å². The largest absolute Gasteiger partial charge is 0.481 e. The summed E-state index contributed by atoms with van der Waals surface area (Å²) >= 11 is 6.11. The molecule has 0 fully saturated rings. The minimum absolute atomic E-state index is 0.211. The van der Waals surface area contributed by atoms with Gasteiger partial charge in [-0.15, -0.1) is 0 Å². The molecule has 0 aliphatic rings. The average Bonchev–Trinajstić information content (AvgIpc) is 2.54. The first-order chi connectivity index (χ1) is 11.0. The highest BCUT2D eigenvalue weighted by atomic mass is 35.5. The molecule has 2 N–H and O–H groups in total. The summed E-state index contributed by atoms with van der Waals surface area (Å²) in [6, 6.07) is 6.34. The summed E-state index contributed by atoms with van der Waals surface area (Å²) in [4.78, 5) is 27.7. The monoisotopic (exact) mass is 335 g/mol. The molecule has 122 valence electrons. The van der Waals surface area contributed by atoms with Crippen LogP contribution in [0.4, 0.5) is 0 Å². The van der Waals surface area contributed by atoms with Crippen molar-refractivity contribution < 1.29 is 14.3 Å². The summed E-state index contributed by atoms with van der Waals surface area (Å²) in [6.07, 6.45) is 1.63. The predicted octanol–water partition coefficient (Wildman–Crippen LogP) is 1.91. The van der Waals surface area contributed by atoms with Crippen LogP contribution in [0, 0.1) is 0 Å². The molecular formula is C16H18ClN3O3. The van der Waals surface area contributed by atoms with Crippen LogP contribution < -0.4 is 15.4 Å². The van der Waals surface area contributed by atoms with Crippen LogP contribution in [0.2, 0.25) is 5.02 Å². The quantitative estimate of drug-likeness (QED) is 0.845. The Bertz CT molecular complexity index is 721. The highest BCUT2D eigenvalue weighted by molar-refractivity contribution is 6.35. The first-order valence-corrected chi connectivity index (χ1v) is 7.63. The van der Waals surface area contributed by atoms with Crippen molar-refractivity contribution in [2.45, 2.75) is 19.9 Å². The van der Waals surface area contributed by atoms with Crippen molar-refractivity contribution in [3.63, 3.8) is 0 Å². The van der Waals surface area contributed by atoms with Crippen LogP contribution in [0.25, 0.3) is 10.9 Å².